The van der Waals surface area contributed by atoms with Crippen LogP contribution in [0.1, 0.15) is 66.9 Å². The van der Waals surface area contributed by atoms with Crippen LogP contribution >= 0.6 is 0 Å². The lowest BCUT2D eigenvalue weighted by Crippen LogP contribution is -3.11. The van der Waals surface area contributed by atoms with Gasteiger partial charge in [0.1, 0.15) is 6.54 Å². The van der Waals surface area contributed by atoms with Crippen molar-refractivity contribution in [3.05, 3.63) is 59.7 Å². The van der Waals surface area contributed by atoms with E-state index < -0.39 is 0 Å². The van der Waals surface area contributed by atoms with E-state index in [-0.39, 0.29) is 23.8 Å². The van der Waals surface area contributed by atoms with Crippen molar-refractivity contribution in [1.82, 2.24) is 9.55 Å². The third-order valence-electron chi connectivity index (χ3n) is 7.63. The summed E-state index contributed by atoms with van der Waals surface area (Å²) >= 11 is 0. The number of anilines is 1. The summed E-state index contributed by atoms with van der Waals surface area (Å²) in [6.07, 6.45) is 7.20. The lowest BCUT2D eigenvalue weighted by atomic mass is 9.86. The molecule has 2 aromatic carbocycles. The van der Waals surface area contributed by atoms with Crippen LogP contribution in [-0.4, -0.2) is 41.6 Å². The van der Waals surface area contributed by atoms with E-state index in [9.17, 15) is 9.59 Å². The molecule has 7 heteroatoms. The molecule has 1 aromatic heterocycles. The van der Waals surface area contributed by atoms with E-state index in [2.05, 4.69) is 28.1 Å². The largest absolute Gasteiger partial charge is 0.469 e. The predicted octanol–water partition coefficient (Wildman–Crippen LogP) is 3.76. The first kappa shape index (κ1) is 23.5. The number of hydrogen-bond acceptors (Lipinski definition) is 4. The number of esters is 1. The summed E-state index contributed by atoms with van der Waals surface area (Å²) in [7, 11) is 1.46. The summed E-state index contributed by atoms with van der Waals surface area (Å²) in [6, 6.07) is 15.9. The van der Waals surface area contributed by atoms with E-state index in [4.69, 9.17) is 9.72 Å². The second kappa shape index (κ2) is 10.6. The smallest absolute Gasteiger partial charge is 0.308 e. The lowest BCUT2D eigenvalue weighted by Gasteiger charge is -2.29. The highest BCUT2D eigenvalue weighted by molar-refractivity contribution is 6.04. The zero-order chi connectivity index (χ0) is 24.2. The molecule has 0 radical (unpaired) electrons. The van der Waals surface area contributed by atoms with Gasteiger partial charge in [-0.25, -0.2) is 4.98 Å². The Bertz CT molecular complexity index is 1180. The molecule has 2 heterocycles. The number of ether oxygens (including phenoxy) is 1. The maximum Gasteiger partial charge on any atom is 0.308 e. The highest BCUT2D eigenvalue weighted by Crippen LogP contribution is 2.37. The zero-order valence-electron chi connectivity index (χ0n) is 20.5. The molecule has 2 N–H and O–H groups in total. The summed E-state index contributed by atoms with van der Waals surface area (Å²) in [5, 5.41) is 3.08. The van der Waals surface area contributed by atoms with Crippen LogP contribution in [0.4, 0.5) is 5.95 Å². The number of likely N-dealkylation sites (tertiary alicyclic amines) is 1. The molecule has 3 aromatic rings. The predicted molar refractivity (Wildman–Crippen MR) is 135 cm³/mol. The number of carbonyl (C=O) groups is 2. The SMILES string of the molecule is COC(=O)C1CCC(n2c(NC(=O)c3ccccc3)nc3ccc(C[NH+]4CCCCC4)cc32)CC1. The van der Waals surface area contributed by atoms with Gasteiger partial charge in [-0.1, -0.05) is 24.3 Å². The first-order valence-electron chi connectivity index (χ1n) is 12.9. The van der Waals surface area contributed by atoms with E-state index in [1.165, 1.54) is 45.0 Å². The third kappa shape index (κ3) is 5.25. The molecule has 1 saturated carbocycles. The minimum absolute atomic E-state index is 0.0494. The number of aromatic nitrogens is 2. The van der Waals surface area contributed by atoms with Gasteiger partial charge in [-0.05, 0) is 69.2 Å². The first-order valence-corrected chi connectivity index (χ1v) is 12.9. The number of imidazole rings is 1. The molecule has 1 amide bonds. The number of nitrogens with one attached hydrogen (secondary N) is 2. The number of methoxy groups -OCH3 is 1. The number of quaternary nitrogens is 1. The number of amides is 1. The Morgan fingerprint density at radius 3 is 2.49 bits per heavy atom. The Hall–Kier alpha value is -3.19. The number of nitrogens with zero attached hydrogens (tertiary/aromatic N) is 2. The van der Waals surface area contributed by atoms with Crippen molar-refractivity contribution in [2.24, 2.45) is 5.92 Å². The molecule has 0 spiro atoms. The average molecular weight is 476 g/mol. The van der Waals surface area contributed by atoms with Crippen molar-refractivity contribution >= 4 is 28.9 Å². The summed E-state index contributed by atoms with van der Waals surface area (Å²) in [5.41, 5.74) is 3.86. The molecule has 2 fully saturated rings. The summed E-state index contributed by atoms with van der Waals surface area (Å²) in [4.78, 5) is 31.6. The maximum absolute atomic E-state index is 13.0. The maximum atomic E-state index is 13.0. The quantitative estimate of drug-likeness (QED) is 0.532. The van der Waals surface area contributed by atoms with Crippen molar-refractivity contribution in [1.29, 1.82) is 0 Å². The van der Waals surface area contributed by atoms with E-state index in [1.54, 1.807) is 4.90 Å². The first-order chi connectivity index (χ1) is 17.1. The van der Waals surface area contributed by atoms with Gasteiger partial charge in [0.05, 0.1) is 37.2 Å². The Balaban J connectivity index is 1.46. The van der Waals surface area contributed by atoms with Gasteiger partial charge in [-0.3, -0.25) is 14.9 Å². The number of hydrogen-bond donors (Lipinski definition) is 2. The van der Waals surface area contributed by atoms with Crippen LogP contribution in [0.3, 0.4) is 0 Å². The van der Waals surface area contributed by atoms with Gasteiger partial charge >= 0.3 is 5.97 Å². The summed E-state index contributed by atoms with van der Waals surface area (Å²) < 4.78 is 7.19. The summed E-state index contributed by atoms with van der Waals surface area (Å²) in [6.45, 7) is 3.47. The van der Waals surface area contributed by atoms with Gasteiger partial charge in [0, 0.05) is 17.2 Å². The van der Waals surface area contributed by atoms with Crippen LogP contribution in [0, 0.1) is 5.92 Å². The summed E-state index contributed by atoms with van der Waals surface area (Å²) in [5.74, 6) is 0.247. The monoisotopic (exact) mass is 475 g/mol. The van der Waals surface area contributed by atoms with Gasteiger partial charge in [0.25, 0.3) is 5.91 Å². The van der Waals surface area contributed by atoms with Gasteiger partial charge in [0.2, 0.25) is 5.95 Å². The lowest BCUT2D eigenvalue weighted by molar-refractivity contribution is -0.918. The van der Waals surface area contributed by atoms with E-state index >= 15 is 0 Å². The molecule has 1 saturated heterocycles. The van der Waals surface area contributed by atoms with Crippen molar-refractivity contribution < 1.29 is 19.2 Å². The van der Waals surface area contributed by atoms with Crippen LogP contribution in [0.2, 0.25) is 0 Å². The molecule has 0 unspecified atom stereocenters. The van der Waals surface area contributed by atoms with Crippen LogP contribution < -0.4 is 10.2 Å². The molecule has 0 atom stereocenters. The van der Waals surface area contributed by atoms with E-state index in [1.807, 2.05) is 30.3 Å². The fourth-order valence-corrected chi connectivity index (χ4v) is 5.72. The fraction of sp³-hybridized carbons (Fsp3) is 0.464. The van der Waals surface area contributed by atoms with Crippen LogP contribution in [0.15, 0.2) is 48.5 Å². The normalized spacial score (nSPS) is 21.1. The Kier molecular flexibility index (Phi) is 7.13. The molecule has 35 heavy (non-hydrogen) atoms. The second-order valence-corrected chi connectivity index (χ2v) is 9.96. The number of piperidine rings is 1. The Morgan fingerprint density at radius 2 is 1.77 bits per heavy atom. The van der Waals surface area contributed by atoms with Gasteiger partial charge in [-0.2, -0.15) is 0 Å². The minimum Gasteiger partial charge on any atom is -0.469 e. The third-order valence-corrected chi connectivity index (χ3v) is 7.63. The number of fused-ring (bicyclic) bond motifs is 1. The van der Waals surface area contributed by atoms with Gasteiger partial charge in [-0.15, -0.1) is 0 Å². The molecule has 1 aliphatic carbocycles. The van der Waals surface area contributed by atoms with Crippen molar-refractivity contribution in [3.8, 4) is 0 Å². The second-order valence-electron chi connectivity index (χ2n) is 9.96. The van der Waals surface area contributed by atoms with Crippen LogP contribution in [-0.2, 0) is 16.1 Å². The topological polar surface area (TPSA) is 77.7 Å². The van der Waals surface area contributed by atoms with Gasteiger partial charge < -0.3 is 14.2 Å². The van der Waals surface area contributed by atoms with Crippen LogP contribution in [0.25, 0.3) is 11.0 Å². The molecular formula is C28H35N4O3+. The van der Waals surface area contributed by atoms with Crippen molar-refractivity contribution in [3.63, 3.8) is 0 Å². The molecular weight excluding hydrogens is 440 g/mol. The molecule has 2 aliphatic rings. The number of rotatable bonds is 6. The molecule has 0 bridgehead atoms. The minimum atomic E-state index is -0.164. The highest BCUT2D eigenvalue weighted by Gasteiger charge is 2.30. The average Bonchev–Trinajstić information content (AvgIpc) is 3.26. The number of carbonyl (C=O) groups excluding carboxylic acids is 2. The van der Waals surface area contributed by atoms with Crippen molar-refractivity contribution in [2.75, 3.05) is 25.5 Å². The fourth-order valence-electron chi connectivity index (χ4n) is 5.72. The molecule has 5 rings (SSSR count). The van der Waals surface area contributed by atoms with Crippen molar-refractivity contribution in [2.45, 2.75) is 57.5 Å². The highest BCUT2D eigenvalue weighted by atomic mass is 16.5. The zero-order valence-corrected chi connectivity index (χ0v) is 20.5. The molecule has 7 nitrogen and oxygen atoms in total. The van der Waals surface area contributed by atoms with Gasteiger partial charge in [0.15, 0.2) is 0 Å². The Labute approximate surface area is 206 Å². The Morgan fingerprint density at radius 1 is 1.03 bits per heavy atom. The molecule has 1 aliphatic heterocycles. The van der Waals surface area contributed by atoms with Crippen LogP contribution in [0.5, 0.6) is 0 Å². The number of benzene rings is 2. The molecule has 184 valence electrons. The standard InChI is InChI=1S/C28H34N4O3/c1-35-27(34)22-11-13-23(14-12-22)32-25-18-20(19-31-16-6-3-7-17-31)10-15-24(25)29-28(32)30-26(33)21-8-4-2-5-9-21/h2,4-5,8-10,15,18,22-23H,3,6-7,11-14,16-17,19H2,1H3,(H,29,30,33)/p+1. The van der Waals surface area contributed by atoms with E-state index in [0.717, 1.165) is 43.3 Å². The van der Waals surface area contributed by atoms with E-state index in [0.29, 0.717) is 11.5 Å².